The maximum atomic E-state index is 10.0. The summed E-state index contributed by atoms with van der Waals surface area (Å²) in [6, 6.07) is 11.6. The summed E-state index contributed by atoms with van der Waals surface area (Å²) in [7, 11) is 0. The van der Waals surface area contributed by atoms with E-state index in [0.29, 0.717) is 17.6 Å². The van der Waals surface area contributed by atoms with E-state index in [-0.39, 0.29) is 0 Å². The van der Waals surface area contributed by atoms with Gasteiger partial charge in [-0.15, -0.1) is 0 Å². The molecule has 2 heterocycles. The molecule has 0 bridgehead atoms. The first-order valence-electron chi connectivity index (χ1n) is 10.8. The van der Waals surface area contributed by atoms with Crippen molar-refractivity contribution in [2.24, 2.45) is 11.8 Å². The Labute approximate surface area is 172 Å². The number of benzene rings is 1. The molecule has 2 atom stereocenters. The van der Waals surface area contributed by atoms with Crippen molar-refractivity contribution in [3.8, 4) is 16.9 Å². The highest BCUT2D eigenvalue weighted by Gasteiger charge is 2.27. The van der Waals surface area contributed by atoms with E-state index in [1.54, 1.807) is 6.07 Å². The van der Waals surface area contributed by atoms with Crippen LogP contribution < -0.4 is 0 Å². The Morgan fingerprint density at radius 2 is 1.55 bits per heavy atom. The number of para-hydroxylation sites is 1. The van der Waals surface area contributed by atoms with Crippen molar-refractivity contribution < 1.29 is 5.11 Å². The van der Waals surface area contributed by atoms with Gasteiger partial charge in [0.1, 0.15) is 11.6 Å². The maximum Gasteiger partial charge on any atom is 0.128 e. The van der Waals surface area contributed by atoms with Gasteiger partial charge in [0.15, 0.2) is 0 Å². The fraction of sp³-hybridized carbons (Fsp3) is 0.400. The molecule has 0 radical (unpaired) electrons. The standard InChI is InChI=1S/C25H27N3O/c29-24-4-2-1-3-23(24)20-9-10-22(26-14-20)12-17-5-6-18(11-17)13-25-27-15-21(16-28-25)19-7-8-19/h1-4,9-10,14-19,29H,5-8,11-13H2/t17-,18-/m0/s1. The van der Waals surface area contributed by atoms with Gasteiger partial charge in [0.05, 0.1) is 0 Å². The summed E-state index contributed by atoms with van der Waals surface area (Å²) in [6.07, 6.45) is 14.3. The van der Waals surface area contributed by atoms with E-state index in [0.717, 1.165) is 41.4 Å². The van der Waals surface area contributed by atoms with Gasteiger partial charge in [0, 0.05) is 41.8 Å². The summed E-state index contributed by atoms with van der Waals surface area (Å²) in [5.74, 6) is 3.41. The Balaban J connectivity index is 1.16. The number of pyridine rings is 1. The van der Waals surface area contributed by atoms with Crippen LogP contribution >= 0.6 is 0 Å². The zero-order valence-corrected chi connectivity index (χ0v) is 16.7. The lowest BCUT2D eigenvalue weighted by Gasteiger charge is -2.11. The van der Waals surface area contributed by atoms with Gasteiger partial charge in [-0.05, 0) is 74.0 Å². The molecule has 0 saturated heterocycles. The molecule has 1 aromatic carbocycles. The molecular formula is C25H27N3O. The minimum Gasteiger partial charge on any atom is -0.507 e. The van der Waals surface area contributed by atoms with Crippen molar-refractivity contribution in [1.82, 2.24) is 15.0 Å². The zero-order chi connectivity index (χ0) is 19.6. The number of aromatic nitrogens is 3. The predicted octanol–water partition coefficient (Wildman–Crippen LogP) is 5.32. The molecule has 2 aliphatic rings. The van der Waals surface area contributed by atoms with Crippen LogP contribution in [0, 0.1) is 11.8 Å². The van der Waals surface area contributed by atoms with Crippen molar-refractivity contribution >= 4 is 0 Å². The topological polar surface area (TPSA) is 58.9 Å². The fourth-order valence-corrected chi connectivity index (χ4v) is 4.62. The lowest BCUT2D eigenvalue weighted by Crippen LogP contribution is -2.06. The molecule has 0 aliphatic heterocycles. The van der Waals surface area contributed by atoms with Crippen molar-refractivity contribution in [2.75, 3.05) is 0 Å². The lowest BCUT2D eigenvalue weighted by atomic mass is 9.97. The third-order valence-corrected chi connectivity index (χ3v) is 6.43. The van der Waals surface area contributed by atoms with E-state index in [1.165, 1.54) is 37.7 Å². The molecule has 0 unspecified atom stereocenters. The SMILES string of the molecule is Oc1ccccc1-c1ccc(C[C@H]2CC[C@H](Cc3ncc(C4CC4)cn3)C2)nc1. The van der Waals surface area contributed by atoms with E-state index in [2.05, 4.69) is 27.1 Å². The summed E-state index contributed by atoms with van der Waals surface area (Å²) < 4.78 is 0. The molecule has 3 aromatic rings. The molecule has 5 rings (SSSR count). The molecule has 4 heteroatoms. The van der Waals surface area contributed by atoms with Crippen LogP contribution in [0.3, 0.4) is 0 Å². The Kier molecular flexibility index (Phi) is 5.01. The van der Waals surface area contributed by atoms with Crippen molar-refractivity contribution in [2.45, 2.75) is 50.9 Å². The van der Waals surface area contributed by atoms with Gasteiger partial charge in [0.2, 0.25) is 0 Å². The lowest BCUT2D eigenvalue weighted by molar-refractivity contribution is 0.476. The van der Waals surface area contributed by atoms with Gasteiger partial charge >= 0.3 is 0 Å². The highest BCUT2D eigenvalue weighted by atomic mass is 16.3. The van der Waals surface area contributed by atoms with Crippen LogP contribution in [0.4, 0.5) is 0 Å². The number of hydrogen-bond donors (Lipinski definition) is 1. The average molecular weight is 386 g/mol. The maximum absolute atomic E-state index is 10.0. The fourth-order valence-electron chi connectivity index (χ4n) is 4.62. The number of rotatable bonds is 6. The number of nitrogens with zero attached hydrogens (tertiary/aromatic N) is 3. The number of hydrogen-bond acceptors (Lipinski definition) is 4. The summed E-state index contributed by atoms with van der Waals surface area (Å²) in [5, 5.41) is 10.0. The van der Waals surface area contributed by atoms with E-state index < -0.39 is 0 Å². The Morgan fingerprint density at radius 3 is 2.24 bits per heavy atom. The van der Waals surface area contributed by atoms with E-state index >= 15 is 0 Å². The molecule has 2 aliphatic carbocycles. The number of aromatic hydroxyl groups is 1. The van der Waals surface area contributed by atoms with Crippen LogP contribution in [0.1, 0.15) is 55.1 Å². The van der Waals surface area contributed by atoms with Crippen LogP contribution in [0.2, 0.25) is 0 Å². The number of phenols is 1. The highest BCUT2D eigenvalue weighted by molar-refractivity contribution is 5.69. The minimum absolute atomic E-state index is 0.299. The van der Waals surface area contributed by atoms with Gasteiger partial charge in [-0.3, -0.25) is 4.98 Å². The van der Waals surface area contributed by atoms with Crippen LogP contribution in [0.25, 0.3) is 11.1 Å². The largest absolute Gasteiger partial charge is 0.507 e. The molecule has 2 aromatic heterocycles. The van der Waals surface area contributed by atoms with Gasteiger partial charge in [-0.2, -0.15) is 0 Å². The monoisotopic (exact) mass is 385 g/mol. The number of phenolic OH excluding ortho intramolecular Hbond substituents is 1. The quantitative estimate of drug-likeness (QED) is 0.624. The molecule has 2 fully saturated rings. The molecule has 4 nitrogen and oxygen atoms in total. The molecule has 0 amide bonds. The normalized spacial score (nSPS) is 21.4. The third-order valence-electron chi connectivity index (χ3n) is 6.43. The van der Waals surface area contributed by atoms with Crippen molar-refractivity contribution in [3.63, 3.8) is 0 Å². The van der Waals surface area contributed by atoms with E-state index in [9.17, 15) is 5.11 Å². The summed E-state index contributed by atoms with van der Waals surface area (Å²) in [5.41, 5.74) is 4.25. The third kappa shape index (κ3) is 4.31. The second-order valence-corrected chi connectivity index (χ2v) is 8.72. The van der Waals surface area contributed by atoms with Gasteiger partial charge in [-0.25, -0.2) is 9.97 Å². The molecule has 148 valence electrons. The van der Waals surface area contributed by atoms with E-state index in [1.807, 2.05) is 36.8 Å². The van der Waals surface area contributed by atoms with Crippen molar-refractivity contribution in [3.05, 3.63) is 72.1 Å². The molecular weight excluding hydrogens is 358 g/mol. The van der Waals surface area contributed by atoms with Crippen LogP contribution in [0.5, 0.6) is 5.75 Å². The first-order valence-corrected chi connectivity index (χ1v) is 10.8. The first kappa shape index (κ1) is 18.3. The molecule has 1 N–H and O–H groups in total. The Hall–Kier alpha value is -2.75. The second-order valence-electron chi connectivity index (χ2n) is 8.72. The Morgan fingerprint density at radius 1 is 0.793 bits per heavy atom. The molecule has 0 spiro atoms. The van der Waals surface area contributed by atoms with Crippen molar-refractivity contribution in [1.29, 1.82) is 0 Å². The zero-order valence-electron chi connectivity index (χ0n) is 16.7. The Bertz CT molecular complexity index is 964. The van der Waals surface area contributed by atoms with Gasteiger partial charge < -0.3 is 5.11 Å². The smallest absolute Gasteiger partial charge is 0.128 e. The average Bonchev–Trinajstić information content (AvgIpc) is 3.51. The first-order chi connectivity index (χ1) is 14.2. The highest BCUT2D eigenvalue weighted by Crippen LogP contribution is 2.39. The summed E-state index contributed by atoms with van der Waals surface area (Å²) in [6.45, 7) is 0. The van der Waals surface area contributed by atoms with Gasteiger partial charge in [0.25, 0.3) is 0 Å². The van der Waals surface area contributed by atoms with Crippen LogP contribution in [0.15, 0.2) is 55.0 Å². The minimum atomic E-state index is 0.299. The van der Waals surface area contributed by atoms with Crippen LogP contribution in [-0.4, -0.2) is 20.1 Å². The summed E-state index contributed by atoms with van der Waals surface area (Å²) >= 11 is 0. The molecule has 29 heavy (non-hydrogen) atoms. The van der Waals surface area contributed by atoms with Gasteiger partial charge in [-0.1, -0.05) is 24.3 Å². The molecule has 2 saturated carbocycles. The van der Waals surface area contributed by atoms with Crippen LogP contribution in [-0.2, 0) is 12.8 Å². The second kappa shape index (κ2) is 7.94. The van der Waals surface area contributed by atoms with E-state index in [4.69, 9.17) is 0 Å². The summed E-state index contributed by atoms with van der Waals surface area (Å²) in [4.78, 5) is 13.9. The predicted molar refractivity (Wildman–Crippen MR) is 114 cm³/mol.